The lowest BCUT2D eigenvalue weighted by Gasteiger charge is -2.14. The molecular weight excluding hydrogens is 342 g/mol. The van der Waals surface area contributed by atoms with Crippen LogP contribution in [0, 0.1) is 6.92 Å². The van der Waals surface area contributed by atoms with Crippen molar-refractivity contribution in [2.45, 2.75) is 19.4 Å². The van der Waals surface area contributed by atoms with Gasteiger partial charge in [0, 0.05) is 18.7 Å². The second-order valence-corrected chi connectivity index (χ2v) is 5.90. The third-order valence-corrected chi connectivity index (χ3v) is 4.39. The molecule has 0 aliphatic rings. The highest BCUT2D eigenvalue weighted by atomic mass is 79.9. The van der Waals surface area contributed by atoms with Crippen LogP contribution in [-0.2, 0) is 13.5 Å². The molecule has 0 aliphatic heterocycles. The number of methoxy groups -OCH3 is 1. The zero-order chi connectivity index (χ0) is 14.9. The van der Waals surface area contributed by atoms with Gasteiger partial charge in [-0.05, 0) is 47.0 Å². The SMILES string of the molecule is COc1ccc(C(N)Cc2c(C)nn(C)c2Cl)cc1Br. The summed E-state index contributed by atoms with van der Waals surface area (Å²) in [4.78, 5) is 0. The first-order valence-electron chi connectivity index (χ1n) is 6.21. The largest absolute Gasteiger partial charge is 0.496 e. The van der Waals surface area contributed by atoms with Crippen molar-refractivity contribution in [1.29, 1.82) is 0 Å². The van der Waals surface area contributed by atoms with Gasteiger partial charge in [-0.3, -0.25) is 4.68 Å². The van der Waals surface area contributed by atoms with E-state index in [4.69, 9.17) is 22.1 Å². The fraction of sp³-hybridized carbons (Fsp3) is 0.357. The maximum absolute atomic E-state index is 6.28. The van der Waals surface area contributed by atoms with Crippen LogP contribution >= 0.6 is 27.5 Å². The number of halogens is 2. The highest BCUT2D eigenvalue weighted by Gasteiger charge is 2.16. The Morgan fingerprint density at radius 3 is 2.70 bits per heavy atom. The van der Waals surface area contributed by atoms with Gasteiger partial charge in [-0.2, -0.15) is 5.10 Å². The number of hydrogen-bond acceptors (Lipinski definition) is 3. The molecule has 4 nitrogen and oxygen atoms in total. The lowest BCUT2D eigenvalue weighted by molar-refractivity contribution is 0.412. The Kier molecular flexibility index (Phi) is 4.73. The Hall–Kier alpha value is -1.04. The highest BCUT2D eigenvalue weighted by molar-refractivity contribution is 9.10. The van der Waals surface area contributed by atoms with Crippen LogP contribution < -0.4 is 10.5 Å². The number of aromatic nitrogens is 2. The van der Waals surface area contributed by atoms with Crippen LogP contribution in [0.3, 0.4) is 0 Å². The van der Waals surface area contributed by atoms with Crippen molar-refractivity contribution in [2.24, 2.45) is 12.8 Å². The van der Waals surface area contributed by atoms with E-state index in [0.717, 1.165) is 27.0 Å². The van der Waals surface area contributed by atoms with Crippen LogP contribution in [0.25, 0.3) is 0 Å². The Morgan fingerprint density at radius 1 is 1.50 bits per heavy atom. The Morgan fingerprint density at radius 2 is 2.20 bits per heavy atom. The standard InChI is InChI=1S/C14H17BrClN3O/c1-8-10(14(16)19(2)18-8)7-12(17)9-4-5-13(20-3)11(15)6-9/h4-6,12H,7,17H2,1-3H3. The molecule has 0 fully saturated rings. The molecule has 20 heavy (non-hydrogen) atoms. The van der Waals surface area contributed by atoms with E-state index < -0.39 is 0 Å². The third kappa shape index (κ3) is 3.00. The molecule has 6 heteroatoms. The number of ether oxygens (including phenoxy) is 1. The lowest BCUT2D eigenvalue weighted by atomic mass is 10.00. The zero-order valence-corrected chi connectivity index (χ0v) is 14.0. The number of aryl methyl sites for hydroxylation is 2. The van der Waals surface area contributed by atoms with E-state index in [1.165, 1.54) is 0 Å². The van der Waals surface area contributed by atoms with Crippen LogP contribution in [0.4, 0.5) is 0 Å². The zero-order valence-electron chi connectivity index (χ0n) is 11.7. The van der Waals surface area contributed by atoms with Crippen molar-refractivity contribution in [2.75, 3.05) is 7.11 Å². The van der Waals surface area contributed by atoms with Gasteiger partial charge in [-0.25, -0.2) is 0 Å². The summed E-state index contributed by atoms with van der Waals surface area (Å²) in [6.45, 7) is 1.94. The topological polar surface area (TPSA) is 53.1 Å². The average molecular weight is 359 g/mol. The summed E-state index contributed by atoms with van der Waals surface area (Å²) in [7, 11) is 3.47. The third-order valence-electron chi connectivity index (χ3n) is 3.30. The first-order valence-corrected chi connectivity index (χ1v) is 7.38. The van der Waals surface area contributed by atoms with Gasteiger partial charge in [0.15, 0.2) is 0 Å². The summed E-state index contributed by atoms with van der Waals surface area (Å²) < 4.78 is 7.78. The molecule has 1 aromatic heterocycles. The molecule has 1 heterocycles. The van der Waals surface area contributed by atoms with Crippen LogP contribution in [0.2, 0.25) is 5.15 Å². The van der Waals surface area contributed by atoms with Crippen molar-refractivity contribution in [3.63, 3.8) is 0 Å². The Bertz CT molecular complexity index is 627. The second-order valence-electron chi connectivity index (χ2n) is 4.68. The lowest BCUT2D eigenvalue weighted by Crippen LogP contribution is -2.14. The predicted molar refractivity (Wildman–Crippen MR) is 84.3 cm³/mol. The molecule has 1 unspecified atom stereocenters. The maximum atomic E-state index is 6.28. The molecule has 2 rings (SSSR count). The number of hydrogen-bond donors (Lipinski definition) is 1. The van der Waals surface area contributed by atoms with E-state index in [2.05, 4.69) is 21.0 Å². The number of nitrogens with zero attached hydrogens (tertiary/aromatic N) is 2. The summed E-state index contributed by atoms with van der Waals surface area (Å²) in [5.41, 5.74) is 9.21. The van der Waals surface area contributed by atoms with Gasteiger partial charge < -0.3 is 10.5 Å². The Labute approximate surface area is 132 Å². The van der Waals surface area contributed by atoms with E-state index >= 15 is 0 Å². The van der Waals surface area contributed by atoms with Crippen LogP contribution in [0.5, 0.6) is 5.75 Å². The molecule has 0 saturated carbocycles. The first kappa shape index (κ1) is 15.4. The fourth-order valence-corrected chi connectivity index (χ4v) is 2.97. The summed E-state index contributed by atoms with van der Waals surface area (Å²) >= 11 is 9.71. The summed E-state index contributed by atoms with van der Waals surface area (Å²) in [6, 6.07) is 5.70. The first-order chi connectivity index (χ1) is 9.43. The van der Waals surface area contributed by atoms with Crippen molar-refractivity contribution >= 4 is 27.5 Å². The summed E-state index contributed by atoms with van der Waals surface area (Å²) in [5, 5.41) is 4.95. The van der Waals surface area contributed by atoms with Gasteiger partial charge in [-0.1, -0.05) is 17.7 Å². The quantitative estimate of drug-likeness (QED) is 0.911. The van der Waals surface area contributed by atoms with Gasteiger partial charge in [0.25, 0.3) is 0 Å². The monoisotopic (exact) mass is 357 g/mol. The normalized spacial score (nSPS) is 12.5. The van der Waals surface area contributed by atoms with Gasteiger partial charge >= 0.3 is 0 Å². The van der Waals surface area contributed by atoms with Gasteiger partial charge in [0.1, 0.15) is 10.9 Å². The minimum Gasteiger partial charge on any atom is -0.496 e. The van der Waals surface area contributed by atoms with Crippen molar-refractivity contribution in [3.8, 4) is 5.75 Å². The number of nitrogens with two attached hydrogens (primary N) is 1. The molecule has 108 valence electrons. The molecule has 1 aromatic carbocycles. The van der Waals surface area contributed by atoms with E-state index in [1.54, 1.807) is 11.8 Å². The molecule has 2 aromatic rings. The highest BCUT2D eigenvalue weighted by Crippen LogP contribution is 2.30. The minimum atomic E-state index is -0.141. The molecule has 0 amide bonds. The second kappa shape index (κ2) is 6.16. The van der Waals surface area contributed by atoms with Crippen molar-refractivity contribution < 1.29 is 4.74 Å². The fourth-order valence-electron chi connectivity index (χ4n) is 2.16. The molecule has 1 atom stereocenters. The molecule has 2 N–H and O–H groups in total. The number of rotatable bonds is 4. The summed E-state index contributed by atoms with van der Waals surface area (Å²) in [6.07, 6.45) is 0.650. The average Bonchev–Trinajstić information content (AvgIpc) is 2.65. The summed E-state index contributed by atoms with van der Waals surface area (Å²) in [5.74, 6) is 0.788. The maximum Gasteiger partial charge on any atom is 0.133 e. The van der Waals surface area contributed by atoms with Crippen molar-refractivity contribution in [3.05, 3.63) is 44.6 Å². The van der Waals surface area contributed by atoms with Crippen molar-refractivity contribution in [1.82, 2.24) is 9.78 Å². The molecular formula is C14H17BrClN3O. The molecule has 0 bridgehead atoms. The minimum absolute atomic E-state index is 0.141. The van der Waals surface area contributed by atoms with E-state index in [1.807, 2.05) is 32.2 Å². The molecule has 0 radical (unpaired) electrons. The predicted octanol–water partition coefficient (Wildman–Crippen LogP) is 3.40. The molecule has 0 saturated heterocycles. The van der Waals surface area contributed by atoms with Crippen LogP contribution in [0.15, 0.2) is 22.7 Å². The van der Waals surface area contributed by atoms with E-state index in [0.29, 0.717) is 11.6 Å². The van der Waals surface area contributed by atoms with Gasteiger partial charge in [0.05, 0.1) is 17.3 Å². The van der Waals surface area contributed by atoms with Gasteiger partial charge in [0.2, 0.25) is 0 Å². The molecule has 0 aliphatic carbocycles. The Balaban J connectivity index is 2.23. The molecule has 0 spiro atoms. The smallest absolute Gasteiger partial charge is 0.133 e. The van der Waals surface area contributed by atoms with E-state index in [9.17, 15) is 0 Å². The van der Waals surface area contributed by atoms with E-state index in [-0.39, 0.29) is 6.04 Å². The van der Waals surface area contributed by atoms with Gasteiger partial charge in [-0.15, -0.1) is 0 Å². The number of benzene rings is 1. The van der Waals surface area contributed by atoms with Crippen LogP contribution in [-0.4, -0.2) is 16.9 Å². The van der Waals surface area contributed by atoms with Crippen LogP contribution in [0.1, 0.15) is 22.9 Å².